The van der Waals surface area contributed by atoms with Gasteiger partial charge in [0.25, 0.3) is 0 Å². The van der Waals surface area contributed by atoms with Gasteiger partial charge in [0.05, 0.1) is 12.2 Å². The van der Waals surface area contributed by atoms with Gasteiger partial charge in [-0.25, -0.2) is 4.79 Å². The fraction of sp³-hybridized carbons (Fsp3) is 0.300. The van der Waals surface area contributed by atoms with Crippen molar-refractivity contribution in [2.24, 2.45) is 0 Å². The molecular formula is C10H13NO4. The number of nitrogen functional groups attached to an aromatic ring is 1. The second-order valence-corrected chi connectivity index (χ2v) is 3.06. The monoisotopic (exact) mass is 211 g/mol. The molecule has 0 unspecified atom stereocenters. The van der Waals surface area contributed by atoms with E-state index in [1.807, 2.05) is 0 Å². The number of aliphatic hydroxyl groups is 2. The van der Waals surface area contributed by atoms with Crippen molar-refractivity contribution >= 4 is 11.7 Å². The average molecular weight is 211 g/mol. The van der Waals surface area contributed by atoms with Gasteiger partial charge in [-0.05, 0) is 18.2 Å². The summed E-state index contributed by atoms with van der Waals surface area (Å²) in [7, 11) is 0. The standard InChI is InChI=1S/C10H13NO4/c11-8-3-1-2-7(4-8)10(14)15-6-9(13)5-12/h1-4,9,12-13H,5-6,11H2/t9-/m1/s1. The van der Waals surface area contributed by atoms with Crippen molar-refractivity contribution in [2.45, 2.75) is 6.10 Å². The van der Waals surface area contributed by atoms with Crippen molar-refractivity contribution in [3.63, 3.8) is 0 Å². The lowest BCUT2D eigenvalue weighted by atomic mass is 10.2. The topological polar surface area (TPSA) is 92.8 Å². The Labute approximate surface area is 87.1 Å². The maximum atomic E-state index is 11.3. The Hall–Kier alpha value is -1.59. The van der Waals surface area contributed by atoms with Gasteiger partial charge in [0.1, 0.15) is 12.7 Å². The van der Waals surface area contributed by atoms with Gasteiger partial charge in [-0.15, -0.1) is 0 Å². The molecule has 0 aromatic heterocycles. The lowest BCUT2D eigenvalue weighted by molar-refractivity contribution is 0.00933. The van der Waals surface area contributed by atoms with Crippen LogP contribution in [0.3, 0.4) is 0 Å². The van der Waals surface area contributed by atoms with Gasteiger partial charge in [-0.3, -0.25) is 0 Å². The first kappa shape index (κ1) is 11.5. The summed E-state index contributed by atoms with van der Waals surface area (Å²) in [6.45, 7) is -0.672. The summed E-state index contributed by atoms with van der Waals surface area (Å²) in [4.78, 5) is 11.3. The Morgan fingerprint density at radius 2 is 2.27 bits per heavy atom. The van der Waals surface area contributed by atoms with Crippen LogP contribution >= 0.6 is 0 Å². The zero-order chi connectivity index (χ0) is 11.3. The maximum Gasteiger partial charge on any atom is 0.338 e. The van der Waals surface area contributed by atoms with Crippen LogP contribution in [0, 0.1) is 0 Å². The molecule has 1 rings (SSSR count). The van der Waals surface area contributed by atoms with Crippen molar-refractivity contribution in [1.29, 1.82) is 0 Å². The van der Waals surface area contributed by atoms with Gasteiger partial charge in [0.15, 0.2) is 0 Å². The van der Waals surface area contributed by atoms with Gasteiger partial charge < -0.3 is 20.7 Å². The van der Waals surface area contributed by atoms with Crippen LogP contribution in [0.25, 0.3) is 0 Å². The summed E-state index contributed by atoms with van der Waals surface area (Å²) in [6.07, 6.45) is -1.05. The molecule has 0 aliphatic heterocycles. The molecule has 0 saturated carbocycles. The Balaban J connectivity index is 2.54. The van der Waals surface area contributed by atoms with E-state index in [1.165, 1.54) is 6.07 Å². The normalized spacial score (nSPS) is 12.1. The summed E-state index contributed by atoms with van der Waals surface area (Å²) in [5.74, 6) is -0.574. The molecule has 1 aromatic carbocycles. The molecule has 4 N–H and O–H groups in total. The van der Waals surface area contributed by atoms with Crippen LogP contribution < -0.4 is 5.73 Å². The molecule has 1 aromatic rings. The third-order valence-electron chi connectivity index (χ3n) is 1.74. The van der Waals surface area contributed by atoms with Gasteiger partial charge in [0, 0.05) is 5.69 Å². The molecule has 0 aliphatic carbocycles. The molecule has 0 spiro atoms. The van der Waals surface area contributed by atoms with Crippen molar-refractivity contribution in [3.8, 4) is 0 Å². The molecule has 15 heavy (non-hydrogen) atoms. The van der Waals surface area contributed by atoms with Gasteiger partial charge in [0.2, 0.25) is 0 Å². The lowest BCUT2D eigenvalue weighted by Crippen LogP contribution is -2.21. The second kappa shape index (κ2) is 5.33. The molecule has 82 valence electrons. The quantitative estimate of drug-likeness (QED) is 0.473. The molecule has 0 amide bonds. The van der Waals surface area contributed by atoms with Crippen molar-refractivity contribution in [1.82, 2.24) is 0 Å². The summed E-state index contributed by atoms with van der Waals surface area (Å²) < 4.78 is 4.73. The van der Waals surface area contributed by atoms with E-state index in [4.69, 9.17) is 20.7 Å². The number of esters is 1. The Morgan fingerprint density at radius 1 is 1.53 bits per heavy atom. The molecule has 5 nitrogen and oxygen atoms in total. The molecule has 0 heterocycles. The number of benzene rings is 1. The van der Waals surface area contributed by atoms with E-state index in [1.54, 1.807) is 18.2 Å². The zero-order valence-electron chi connectivity index (χ0n) is 8.09. The minimum Gasteiger partial charge on any atom is -0.459 e. The summed E-state index contributed by atoms with van der Waals surface area (Å²) in [6, 6.07) is 6.32. The number of hydrogen-bond acceptors (Lipinski definition) is 5. The van der Waals surface area contributed by atoms with E-state index in [9.17, 15) is 4.79 Å². The summed E-state index contributed by atoms with van der Waals surface area (Å²) in [5, 5.41) is 17.5. The highest BCUT2D eigenvalue weighted by Crippen LogP contribution is 2.07. The third kappa shape index (κ3) is 3.57. The smallest absolute Gasteiger partial charge is 0.338 e. The van der Waals surface area contributed by atoms with Crippen LogP contribution in [0.2, 0.25) is 0 Å². The number of carbonyl (C=O) groups is 1. The van der Waals surface area contributed by atoms with E-state index in [2.05, 4.69) is 0 Å². The molecular weight excluding hydrogens is 198 g/mol. The number of aliphatic hydroxyl groups excluding tert-OH is 2. The predicted octanol–water partition coefficient (Wildman–Crippen LogP) is -0.221. The first-order valence-corrected chi connectivity index (χ1v) is 4.45. The van der Waals surface area contributed by atoms with Crippen molar-refractivity contribution in [2.75, 3.05) is 18.9 Å². The second-order valence-electron chi connectivity index (χ2n) is 3.06. The molecule has 0 saturated heterocycles. The summed E-state index contributed by atoms with van der Waals surface area (Å²) in [5.41, 5.74) is 6.27. The molecule has 0 fully saturated rings. The number of nitrogens with two attached hydrogens (primary N) is 1. The predicted molar refractivity (Wildman–Crippen MR) is 54.2 cm³/mol. The van der Waals surface area contributed by atoms with Crippen LogP contribution in [0.15, 0.2) is 24.3 Å². The number of hydrogen-bond donors (Lipinski definition) is 3. The fourth-order valence-corrected chi connectivity index (χ4v) is 0.974. The first-order chi connectivity index (χ1) is 7.13. The average Bonchev–Trinajstić information content (AvgIpc) is 2.25. The zero-order valence-corrected chi connectivity index (χ0v) is 8.09. The van der Waals surface area contributed by atoms with E-state index in [-0.39, 0.29) is 6.61 Å². The highest BCUT2D eigenvalue weighted by molar-refractivity contribution is 5.90. The number of ether oxygens (including phenoxy) is 1. The van der Waals surface area contributed by atoms with Crippen molar-refractivity contribution in [3.05, 3.63) is 29.8 Å². The van der Waals surface area contributed by atoms with Gasteiger partial charge >= 0.3 is 5.97 Å². The Bertz CT molecular complexity index is 340. The van der Waals surface area contributed by atoms with Gasteiger partial charge in [-0.1, -0.05) is 6.07 Å². The summed E-state index contributed by atoms with van der Waals surface area (Å²) >= 11 is 0. The lowest BCUT2D eigenvalue weighted by Gasteiger charge is -2.08. The van der Waals surface area contributed by atoms with E-state index in [0.29, 0.717) is 11.3 Å². The minimum atomic E-state index is -1.05. The van der Waals surface area contributed by atoms with Crippen LogP contribution in [0.4, 0.5) is 5.69 Å². The first-order valence-electron chi connectivity index (χ1n) is 4.45. The number of rotatable bonds is 4. The minimum absolute atomic E-state index is 0.232. The molecule has 0 radical (unpaired) electrons. The molecule has 0 bridgehead atoms. The van der Waals surface area contributed by atoms with Crippen LogP contribution in [0.1, 0.15) is 10.4 Å². The Kier molecular flexibility index (Phi) is 4.08. The van der Waals surface area contributed by atoms with Crippen LogP contribution in [0.5, 0.6) is 0 Å². The molecule has 5 heteroatoms. The van der Waals surface area contributed by atoms with E-state index in [0.717, 1.165) is 0 Å². The van der Waals surface area contributed by atoms with Crippen LogP contribution in [-0.4, -0.2) is 35.5 Å². The third-order valence-corrected chi connectivity index (χ3v) is 1.74. The van der Waals surface area contributed by atoms with Crippen molar-refractivity contribution < 1.29 is 19.7 Å². The number of anilines is 1. The Morgan fingerprint density at radius 3 is 2.87 bits per heavy atom. The highest BCUT2D eigenvalue weighted by atomic mass is 16.5. The van der Waals surface area contributed by atoms with Gasteiger partial charge in [-0.2, -0.15) is 0 Å². The largest absolute Gasteiger partial charge is 0.459 e. The molecule has 0 aliphatic rings. The molecule has 1 atom stereocenters. The number of carbonyl (C=O) groups excluding carboxylic acids is 1. The SMILES string of the molecule is Nc1cccc(C(=O)OC[C@H](O)CO)c1. The van der Waals surface area contributed by atoms with Crippen LogP contribution in [-0.2, 0) is 4.74 Å². The van der Waals surface area contributed by atoms with E-state index < -0.39 is 18.7 Å². The fourth-order valence-electron chi connectivity index (χ4n) is 0.974. The van der Waals surface area contributed by atoms with E-state index >= 15 is 0 Å². The maximum absolute atomic E-state index is 11.3. The highest BCUT2D eigenvalue weighted by Gasteiger charge is 2.10.